The van der Waals surface area contributed by atoms with Crippen molar-refractivity contribution in [3.8, 4) is 11.6 Å². The Morgan fingerprint density at radius 3 is 2.67 bits per heavy atom. The third kappa shape index (κ3) is 1.89. The summed E-state index contributed by atoms with van der Waals surface area (Å²) < 4.78 is 7.54. The van der Waals surface area contributed by atoms with E-state index < -0.39 is 0 Å². The summed E-state index contributed by atoms with van der Waals surface area (Å²) in [5, 5.41) is 0.663. The van der Waals surface area contributed by atoms with Gasteiger partial charge in [0.15, 0.2) is 11.2 Å². The van der Waals surface area contributed by atoms with Crippen LogP contribution in [0.3, 0.4) is 0 Å². The highest BCUT2D eigenvalue weighted by Gasteiger charge is 2.10. The number of aromatic nitrogens is 4. The zero-order chi connectivity index (χ0) is 12.5. The molecule has 0 amide bonds. The second-order valence-corrected chi connectivity index (χ2v) is 4.20. The van der Waals surface area contributed by atoms with Gasteiger partial charge in [-0.05, 0) is 24.3 Å². The third-order valence-corrected chi connectivity index (χ3v) is 2.76. The van der Waals surface area contributed by atoms with Gasteiger partial charge < -0.3 is 9.30 Å². The highest BCUT2D eigenvalue weighted by atomic mass is 35.5. The fraction of sp³-hybridized carbons (Fsp3) is 0.0833. The maximum atomic E-state index is 5.82. The molecular weight excluding hydrogens is 252 g/mol. The number of halogens is 1. The van der Waals surface area contributed by atoms with Gasteiger partial charge in [0.1, 0.15) is 12.1 Å². The minimum absolute atomic E-state index is 0.474. The first-order valence-corrected chi connectivity index (χ1v) is 5.67. The lowest BCUT2D eigenvalue weighted by Crippen LogP contribution is -1.94. The van der Waals surface area contributed by atoms with Crippen LogP contribution in [0.25, 0.3) is 11.2 Å². The normalized spacial score (nSPS) is 10.8. The van der Waals surface area contributed by atoms with E-state index in [0.29, 0.717) is 22.3 Å². The van der Waals surface area contributed by atoms with E-state index in [1.165, 1.54) is 6.33 Å². The van der Waals surface area contributed by atoms with Crippen molar-refractivity contribution in [2.45, 2.75) is 0 Å². The molecular formula is C12H9ClN4O. The number of aryl methyl sites for hydroxylation is 1. The number of benzene rings is 1. The first-order chi connectivity index (χ1) is 8.74. The Labute approximate surface area is 108 Å². The zero-order valence-electron chi connectivity index (χ0n) is 9.54. The second-order valence-electron chi connectivity index (χ2n) is 3.76. The van der Waals surface area contributed by atoms with Crippen LogP contribution >= 0.6 is 11.6 Å². The van der Waals surface area contributed by atoms with Crippen molar-refractivity contribution in [2.24, 2.45) is 7.05 Å². The second kappa shape index (κ2) is 4.27. The van der Waals surface area contributed by atoms with E-state index in [9.17, 15) is 0 Å². The molecule has 0 N–H and O–H groups in total. The van der Waals surface area contributed by atoms with E-state index in [0.717, 1.165) is 5.52 Å². The van der Waals surface area contributed by atoms with Gasteiger partial charge in [-0.2, -0.15) is 4.98 Å². The number of imidazole rings is 1. The van der Waals surface area contributed by atoms with Gasteiger partial charge in [0.05, 0.1) is 6.33 Å². The molecule has 18 heavy (non-hydrogen) atoms. The summed E-state index contributed by atoms with van der Waals surface area (Å²) >= 11 is 5.82. The van der Waals surface area contributed by atoms with Crippen molar-refractivity contribution < 1.29 is 4.74 Å². The molecule has 0 radical (unpaired) electrons. The molecule has 6 heteroatoms. The van der Waals surface area contributed by atoms with E-state index in [4.69, 9.17) is 16.3 Å². The minimum Gasteiger partial charge on any atom is -0.437 e. The summed E-state index contributed by atoms with van der Waals surface area (Å²) in [5.74, 6) is 1.14. The van der Waals surface area contributed by atoms with Gasteiger partial charge in [0, 0.05) is 12.1 Å². The van der Waals surface area contributed by atoms with Crippen molar-refractivity contribution in [1.29, 1.82) is 0 Å². The Morgan fingerprint density at radius 1 is 1.11 bits per heavy atom. The Morgan fingerprint density at radius 2 is 1.89 bits per heavy atom. The molecule has 3 rings (SSSR count). The largest absolute Gasteiger partial charge is 0.437 e. The summed E-state index contributed by atoms with van der Waals surface area (Å²) in [6.45, 7) is 0. The number of hydrogen-bond donors (Lipinski definition) is 0. The highest BCUT2D eigenvalue weighted by molar-refractivity contribution is 6.30. The number of ether oxygens (including phenoxy) is 1. The van der Waals surface area contributed by atoms with Gasteiger partial charge in [0.25, 0.3) is 0 Å². The number of fused-ring (bicyclic) bond motifs is 1. The molecule has 1 aromatic carbocycles. The lowest BCUT2D eigenvalue weighted by Gasteiger charge is -2.06. The minimum atomic E-state index is 0.474. The molecule has 0 fully saturated rings. The monoisotopic (exact) mass is 260 g/mol. The predicted molar refractivity (Wildman–Crippen MR) is 67.8 cm³/mol. The lowest BCUT2D eigenvalue weighted by atomic mass is 10.3. The third-order valence-electron chi connectivity index (χ3n) is 2.50. The first-order valence-electron chi connectivity index (χ1n) is 5.29. The molecule has 0 saturated heterocycles. The molecule has 2 aromatic heterocycles. The molecule has 0 saturated carbocycles. The summed E-state index contributed by atoms with van der Waals surface area (Å²) in [7, 11) is 1.87. The SMILES string of the molecule is Cn1cnc2ncnc(Oc3ccc(Cl)cc3)c21. The van der Waals surface area contributed by atoms with Gasteiger partial charge in [0.2, 0.25) is 5.88 Å². The van der Waals surface area contributed by atoms with Gasteiger partial charge >= 0.3 is 0 Å². The summed E-state index contributed by atoms with van der Waals surface area (Å²) in [6, 6.07) is 7.09. The number of hydrogen-bond acceptors (Lipinski definition) is 4. The van der Waals surface area contributed by atoms with Crippen LogP contribution in [0, 0.1) is 0 Å². The molecule has 90 valence electrons. The topological polar surface area (TPSA) is 52.8 Å². The molecule has 0 aliphatic heterocycles. The molecule has 0 spiro atoms. The maximum Gasteiger partial charge on any atom is 0.248 e. The van der Waals surface area contributed by atoms with E-state index >= 15 is 0 Å². The Kier molecular flexibility index (Phi) is 2.60. The number of rotatable bonds is 2. The van der Waals surface area contributed by atoms with Gasteiger partial charge in [-0.15, -0.1) is 0 Å². The molecule has 0 unspecified atom stereocenters. The Balaban J connectivity index is 2.04. The average molecular weight is 261 g/mol. The van der Waals surface area contributed by atoms with Crippen LogP contribution in [0.15, 0.2) is 36.9 Å². The van der Waals surface area contributed by atoms with Crippen molar-refractivity contribution in [3.05, 3.63) is 41.9 Å². The van der Waals surface area contributed by atoms with Crippen LogP contribution in [0.1, 0.15) is 0 Å². The smallest absolute Gasteiger partial charge is 0.248 e. The van der Waals surface area contributed by atoms with Crippen molar-refractivity contribution in [1.82, 2.24) is 19.5 Å². The predicted octanol–water partition coefficient (Wildman–Crippen LogP) is 2.81. The molecule has 0 aliphatic rings. The quantitative estimate of drug-likeness (QED) is 0.711. The van der Waals surface area contributed by atoms with Crippen LogP contribution in [-0.2, 0) is 7.05 Å². The molecule has 5 nitrogen and oxygen atoms in total. The van der Waals surface area contributed by atoms with Crippen molar-refractivity contribution in [3.63, 3.8) is 0 Å². The molecule has 0 bridgehead atoms. The van der Waals surface area contributed by atoms with Crippen LogP contribution < -0.4 is 4.74 Å². The average Bonchev–Trinajstić information content (AvgIpc) is 2.75. The van der Waals surface area contributed by atoms with E-state index in [1.54, 1.807) is 30.6 Å². The number of nitrogens with zero attached hydrogens (tertiary/aromatic N) is 4. The maximum absolute atomic E-state index is 5.82. The van der Waals surface area contributed by atoms with Crippen LogP contribution in [0.5, 0.6) is 11.6 Å². The summed E-state index contributed by atoms with van der Waals surface area (Å²) in [5.41, 5.74) is 1.36. The molecule has 0 aliphatic carbocycles. The summed E-state index contributed by atoms with van der Waals surface area (Å²) in [4.78, 5) is 12.4. The standard InChI is InChI=1S/C12H9ClN4O/c1-17-7-16-11-10(17)12(15-6-14-11)18-9-4-2-8(13)3-5-9/h2-7H,1H3. The fourth-order valence-corrected chi connectivity index (χ4v) is 1.77. The van der Waals surface area contributed by atoms with Crippen molar-refractivity contribution in [2.75, 3.05) is 0 Å². The Hall–Kier alpha value is -2.14. The Bertz CT molecular complexity index is 693. The van der Waals surface area contributed by atoms with Gasteiger partial charge in [-0.3, -0.25) is 0 Å². The first kappa shape index (κ1) is 11.0. The van der Waals surface area contributed by atoms with Crippen LogP contribution in [0.2, 0.25) is 5.02 Å². The molecule has 3 aromatic rings. The van der Waals surface area contributed by atoms with Crippen LogP contribution in [0.4, 0.5) is 0 Å². The highest BCUT2D eigenvalue weighted by Crippen LogP contribution is 2.26. The van der Waals surface area contributed by atoms with Gasteiger partial charge in [-0.1, -0.05) is 11.6 Å². The lowest BCUT2D eigenvalue weighted by molar-refractivity contribution is 0.465. The van der Waals surface area contributed by atoms with Crippen LogP contribution in [-0.4, -0.2) is 19.5 Å². The van der Waals surface area contributed by atoms with Crippen molar-refractivity contribution >= 4 is 22.8 Å². The molecule has 0 atom stereocenters. The summed E-state index contributed by atoms with van der Waals surface area (Å²) in [6.07, 6.45) is 3.11. The van der Waals surface area contributed by atoms with Gasteiger partial charge in [-0.25, -0.2) is 9.97 Å². The molecule has 2 heterocycles. The van der Waals surface area contributed by atoms with E-state index in [2.05, 4.69) is 15.0 Å². The fourth-order valence-electron chi connectivity index (χ4n) is 1.64. The van der Waals surface area contributed by atoms with E-state index in [-0.39, 0.29) is 0 Å². The zero-order valence-corrected chi connectivity index (χ0v) is 10.3. The van der Waals surface area contributed by atoms with E-state index in [1.807, 2.05) is 11.6 Å².